The van der Waals surface area contributed by atoms with Crippen molar-refractivity contribution in [1.82, 2.24) is 4.90 Å². The summed E-state index contributed by atoms with van der Waals surface area (Å²) < 4.78 is 31.2. The number of alkyl halides is 1. The molecule has 1 aromatic carbocycles. The zero-order chi connectivity index (χ0) is 14.6. The van der Waals surface area contributed by atoms with E-state index in [1.54, 1.807) is 0 Å². The van der Waals surface area contributed by atoms with E-state index in [2.05, 4.69) is 0 Å². The monoisotopic (exact) mass is 287 g/mol. The first-order valence-electron chi connectivity index (χ1n) is 6.65. The highest BCUT2D eigenvalue weighted by Gasteiger charge is 2.32. The van der Waals surface area contributed by atoms with Gasteiger partial charge in [0.25, 0.3) is 0 Å². The van der Waals surface area contributed by atoms with Gasteiger partial charge in [0.05, 0.1) is 0 Å². The molecule has 0 radical (unpaired) electrons. The summed E-state index contributed by atoms with van der Waals surface area (Å²) in [7, 11) is 0. The highest BCUT2D eigenvalue weighted by molar-refractivity contribution is 5.22. The van der Waals surface area contributed by atoms with E-state index in [9.17, 15) is 19.0 Å². The van der Waals surface area contributed by atoms with E-state index >= 15 is 0 Å². The van der Waals surface area contributed by atoms with E-state index in [4.69, 9.17) is 4.74 Å². The predicted molar refractivity (Wildman–Crippen MR) is 69.6 cm³/mol. The van der Waals surface area contributed by atoms with E-state index in [-0.39, 0.29) is 25.3 Å². The molecule has 1 heterocycles. The summed E-state index contributed by atoms with van der Waals surface area (Å²) in [5.74, 6) is -1.93. The minimum absolute atomic E-state index is 0.0541. The van der Waals surface area contributed by atoms with Crippen molar-refractivity contribution in [3.63, 3.8) is 0 Å². The fourth-order valence-electron chi connectivity index (χ4n) is 2.15. The number of β-amino-alcohol motifs (C(OH)–C–C–N with tert-alkyl or cyclic N) is 1. The van der Waals surface area contributed by atoms with Crippen LogP contribution in [0.2, 0.25) is 0 Å². The van der Waals surface area contributed by atoms with Crippen molar-refractivity contribution in [2.24, 2.45) is 0 Å². The van der Waals surface area contributed by atoms with Crippen LogP contribution in [0.15, 0.2) is 24.3 Å². The first-order chi connectivity index (χ1) is 9.44. The van der Waals surface area contributed by atoms with Crippen LogP contribution in [0, 0.1) is 5.82 Å². The number of rotatable bonds is 5. The first-order valence-corrected chi connectivity index (χ1v) is 6.65. The van der Waals surface area contributed by atoms with Crippen molar-refractivity contribution >= 4 is 0 Å². The fraction of sp³-hybridized carbons (Fsp3) is 0.571. The first kappa shape index (κ1) is 15.2. The number of ether oxygens (including phenoxy) is 1. The molecule has 1 aliphatic rings. The van der Waals surface area contributed by atoms with E-state index < -0.39 is 12.0 Å². The largest absolute Gasteiger partial charge is 0.491 e. The lowest BCUT2D eigenvalue weighted by Gasteiger charge is -2.34. The summed E-state index contributed by atoms with van der Waals surface area (Å²) in [6, 6.07) is 5.56. The molecule has 1 aliphatic heterocycles. The van der Waals surface area contributed by atoms with Gasteiger partial charge in [-0.1, -0.05) is 0 Å². The number of aliphatic hydroxyl groups excluding tert-OH is 1. The van der Waals surface area contributed by atoms with Crippen LogP contribution in [-0.4, -0.2) is 53.3 Å². The topological polar surface area (TPSA) is 52.9 Å². The molecule has 0 saturated carbocycles. The van der Waals surface area contributed by atoms with Crippen LogP contribution in [-0.2, 0) is 0 Å². The quantitative estimate of drug-likeness (QED) is 0.857. The number of piperidine rings is 1. The lowest BCUT2D eigenvalue weighted by atomic mass is 10.1. The van der Waals surface area contributed by atoms with Crippen molar-refractivity contribution in [1.29, 1.82) is 0 Å². The lowest BCUT2D eigenvalue weighted by molar-refractivity contribution is -0.129. The van der Waals surface area contributed by atoms with Gasteiger partial charge in [0.1, 0.15) is 24.3 Å². The summed E-state index contributed by atoms with van der Waals surface area (Å²) >= 11 is 0. The molecule has 1 aromatic rings. The summed E-state index contributed by atoms with van der Waals surface area (Å²) in [6.45, 7) is 1.25. The number of nitrogens with zero attached hydrogens (tertiary/aromatic N) is 1. The van der Waals surface area contributed by atoms with Crippen molar-refractivity contribution in [2.45, 2.75) is 24.8 Å². The van der Waals surface area contributed by atoms with E-state index in [0.717, 1.165) is 0 Å². The molecule has 4 nitrogen and oxygen atoms in total. The second-order valence-electron chi connectivity index (χ2n) is 5.14. The summed E-state index contributed by atoms with van der Waals surface area (Å²) in [5, 5.41) is 19.0. The molecule has 20 heavy (non-hydrogen) atoms. The van der Waals surface area contributed by atoms with Crippen molar-refractivity contribution in [3.8, 4) is 5.75 Å². The standard InChI is InChI=1S/C14H19F2NO3/c15-11-1-3-13(4-2-11)20-10-12(18)9-17-7-5-14(16,19)6-8-17/h1-4,12,18-19H,5-10H2/t12-/m1/s1. The molecule has 1 atom stereocenters. The van der Waals surface area contributed by atoms with E-state index in [0.29, 0.717) is 25.4 Å². The van der Waals surface area contributed by atoms with Crippen LogP contribution in [0.4, 0.5) is 8.78 Å². The number of likely N-dealkylation sites (tertiary alicyclic amines) is 1. The maximum Gasteiger partial charge on any atom is 0.209 e. The lowest BCUT2D eigenvalue weighted by Crippen LogP contribution is -2.45. The number of hydrogen-bond acceptors (Lipinski definition) is 4. The molecule has 6 heteroatoms. The third-order valence-corrected chi connectivity index (χ3v) is 3.35. The Morgan fingerprint density at radius 2 is 1.85 bits per heavy atom. The zero-order valence-electron chi connectivity index (χ0n) is 11.1. The van der Waals surface area contributed by atoms with Crippen molar-refractivity contribution in [3.05, 3.63) is 30.1 Å². The maximum atomic E-state index is 13.2. The number of benzene rings is 1. The Labute approximate surface area is 116 Å². The average Bonchev–Trinajstić information content (AvgIpc) is 2.41. The van der Waals surface area contributed by atoms with Gasteiger partial charge in [0.2, 0.25) is 5.85 Å². The summed E-state index contributed by atoms with van der Waals surface area (Å²) in [4.78, 5) is 1.88. The summed E-state index contributed by atoms with van der Waals surface area (Å²) in [6.07, 6.45) is -0.609. The Morgan fingerprint density at radius 1 is 1.25 bits per heavy atom. The molecule has 0 spiro atoms. The van der Waals surface area contributed by atoms with Gasteiger partial charge < -0.3 is 19.8 Å². The van der Waals surface area contributed by atoms with Crippen LogP contribution < -0.4 is 4.74 Å². The van der Waals surface area contributed by atoms with Crippen molar-refractivity contribution in [2.75, 3.05) is 26.2 Å². The number of hydrogen-bond donors (Lipinski definition) is 2. The third-order valence-electron chi connectivity index (χ3n) is 3.35. The molecule has 0 unspecified atom stereocenters. The second-order valence-corrected chi connectivity index (χ2v) is 5.14. The Bertz CT molecular complexity index is 415. The fourth-order valence-corrected chi connectivity index (χ4v) is 2.15. The molecule has 0 bridgehead atoms. The van der Waals surface area contributed by atoms with Crippen LogP contribution >= 0.6 is 0 Å². The van der Waals surface area contributed by atoms with Gasteiger partial charge in [-0.2, -0.15) is 0 Å². The Hall–Kier alpha value is -1.24. The molecule has 2 N–H and O–H groups in total. The average molecular weight is 287 g/mol. The maximum absolute atomic E-state index is 13.2. The van der Waals surface area contributed by atoms with Gasteiger partial charge in [-0.3, -0.25) is 0 Å². The highest BCUT2D eigenvalue weighted by atomic mass is 19.2. The summed E-state index contributed by atoms with van der Waals surface area (Å²) in [5.41, 5.74) is 0. The predicted octanol–water partition coefficient (Wildman–Crippen LogP) is 1.32. The minimum atomic E-state index is -2.08. The van der Waals surface area contributed by atoms with Crippen LogP contribution in [0.25, 0.3) is 0 Å². The Kier molecular flexibility index (Phi) is 4.91. The van der Waals surface area contributed by atoms with Gasteiger partial charge in [0.15, 0.2) is 0 Å². The minimum Gasteiger partial charge on any atom is -0.491 e. The smallest absolute Gasteiger partial charge is 0.209 e. The molecular formula is C14H19F2NO3. The molecule has 2 rings (SSSR count). The van der Waals surface area contributed by atoms with Gasteiger partial charge in [-0.15, -0.1) is 0 Å². The highest BCUT2D eigenvalue weighted by Crippen LogP contribution is 2.23. The van der Waals surface area contributed by atoms with Crippen LogP contribution in [0.5, 0.6) is 5.75 Å². The molecule has 1 fully saturated rings. The van der Waals surface area contributed by atoms with Crippen LogP contribution in [0.1, 0.15) is 12.8 Å². The van der Waals surface area contributed by atoms with Crippen molar-refractivity contribution < 1.29 is 23.7 Å². The van der Waals surface area contributed by atoms with E-state index in [1.165, 1.54) is 24.3 Å². The Morgan fingerprint density at radius 3 is 2.45 bits per heavy atom. The van der Waals surface area contributed by atoms with E-state index in [1.807, 2.05) is 4.90 Å². The normalized spacial score (nSPS) is 20.6. The second kappa shape index (κ2) is 6.47. The van der Waals surface area contributed by atoms with Gasteiger partial charge in [-0.25, -0.2) is 8.78 Å². The third kappa shape index (κ3) is 4.70. The Balaban J connectivity index is 1.70. The molecule has 0 amide bonds. The molecule has 0 aliphatic carbocycles. The molecule has 1 saturated heterocycles. The van der Waals surface area contributed by atoms with Gasteiger partial charge in [0, 0.05) is 32.5 Å². The van der Waals surface area contributed by atoms with Crippen LogP contribution in [0.3, 0.4) is 0 Å². The molecular weight excluding hydrogens is 268 g/mol. The number of aliphatic hydroxyl groups is 2. The molecule has 112 valence electrons. The zero-order valence-corrected chi connectivity index (χ0v) is 11.1. The van der Waals surface area contributed by atoms with Gasteiger partial charge >= 0.3 is 0 Å². The SMILES string of the molecule is O[C@@H](COc1ccc(F)cc1)CN1CCC(O)(F)CC1. The molecule has 0 aromatic heterocycles. The van der Waals surface area contributed by atoms with Gasteiger partial charge in [-0.05, 0) is 24.3 Å². The number of halogens is 2.